The van der Waals surface area contributed by atoms with Gasteiger partial charge < -0.3 is 5.32 Å². The minimum atomic E-state index is -0.162. The summed E-state index contributed by atoms with van der Waals surface area (Å²) in [6, 6.07) is 22.1. The fraction of sp³-hybridized carbons (Fsp3) is 0.190. The number of anilines is 1. The van der Waals surface area contributed by atoms with E-state index in [0.717, 1.165) is 17.1 Å². The van der Waals surface area contributed by atoms with Crippen LogP contribution in [0.25, 0.3) is 16.2 Å². The molecule has 5 rings (SSSR count). The zero-order valence-corrected chi connectivity index (χ0v) is 15.6. The van der Waals surface area contributed by atoms with Gasteiger partial charge in [0.2, 0.25) is 10.1 Å². The van der Waals surface area contributed by atoms with Crippen LogP contribution in [0, 0.1) is 0 Å². The molecule has 6 heteroatoms. The van der Waals surface area contributed by atoms with Crippen molar-refractivity contribution in [2.24, 2.45) is 0 Å². The van der Waals surface area contributed by atoms with Gasteiger partial charge >= 0.3 is 0 Å². The third-order valence-corrected chi connectivity index (χ3v) is 6.12. The van der Waals surface area contributed by atoms with Crippen molar-refractivity contribution in [2.45, 2.75) is 24.8 Å². The van der Waals surface area contributed by atoms with E-state index in [1.165, 1.54) is 27.5 Å². The van der Waals surface area contributed by atoms with Crippen molar-refractivity contribution >= 4 is 21.4 Å². The van der Waals surface area contributed by atoms with Gasteiger partial charge in [0.25, 0.3) is 5.56 Å². The van der Waals surface area contributed by atoms with Crippen molar-refractivity contribution in [2.75, 3.05) is 5.32 Å². The molecule has 0 amide bonds. The summed E-state index contributed by atoms with van der Waals surface area (Å²) in [4.78, 5) is 17.7. The van der Waals surface area contributed by atoms with Gasteiger partial charge in [-0.05, 0) is 12.0 Å². The molecule has 27 heavy (non-hydrogen) atoms. The second kappa shape index (κ2) is 6.03. The number of nitrogens with one attached hydrogen (secondary N) is 1. The highest BCUT2D eigenvalue weighted by Gasteiger charge is 2.51. The minimum Gasteiger partial charge on any atom is -0.356 e. The van der Waals surface area contributed by atoms with Crippen molar-refractivity contribution in [1.82, 2.24) is 14.6 Å². The lowest BCUT2D eigenvalue weighted by Crippen LogP contribution is -2.16. The summed E-state index contributed by atoms with van der Waals surface area (Å²) in [5.74, 6) is 0. The number of benzene rings is 2. The highest BCUT2D eigenvalue weighted by molar-refractivity contribution is 7.20. The second-order valence-corrected chi connectivity index (χ2v) is 8.09. The van der Waals surface area contributed by atoms with Crippen LogP contribution < -0.4 is 10.9 Å². The van der Waals surface area contributed by atoms with E-state index >= 15 is 0 Å². The van der Waals surface area contributed by atoms with Gasteiger partial charge in [0.05, 0.1) is 5.69 Å². The van der Waals surface area contributed by atoms with Crippen LogP contribution in [0.2, 0.25) is 0 Å². The van der Waals surface area contributed by atoms with Gasteiger partial charge in [-0.15, -0.1) is 5.10 Å². The third kappa shape index (κ3) is 2.82. The van der Waals surface area contributed by atoms with Crippen LogP contribution in [0.1, 0.15) is 18.9 Å². The van der Waals surface area contributed by atoms with E-state index in [-0.39, 0.29) is 11.0 Å². The van der Waals surface area contributed by atoms with Gasteiger partial charge in [0, 0.05) is 23.1 Å². The molecule has 134 valence electrons. The van der Waals surface area contributed by atoms with Crippen molar-refractivity contribution in [3.63, 3.8) is 0 Å². The van der Waals surface area contributed by atoms with Gasteiger partial charge in [-0.1, -0.05) is 78.9 Å². The lowest BCUT2D eigenvalue weighted by atomic mass is 9.98. The molecule has 0 unspecified atom stereocenters. The molecule has 0 radical (unpaired) electrons. The largest absolute Gasteiger partial charge is 0.356 e. The zero-order valence-electron chi connectivity index (χ0n) is 14.8. The van der Waals surface area contributed by atoms with Crippen LogP contribution in [-0.2, 0) is 5.41 Å². The molecule has 4 aromatic rings. The van der Waals surface area contributed by atoms with E-state index < -0.39 is 0 Å². The summed E-state index contributed by atoms with van der Waals surface area (Å²) in [6.45, 7) is 2.26. The number of hydrogen-bond donors (Lipinski definition) is 1. The van der Waals surface area contributed by atoms with E-state index in [1.54, 1.807) is 0 Å². The molecular formula is C21H18N4OS. The Morgan fingerprint density at radius 1 is 1.11 bits per heavy atom. The second-order valence-electron chi connectivity index (χ2n) is 7.13. The Kier molecular flexibility index (Phi) is 3.62. The Balaban J connectivity index is 1.44. The van der Waals surface area contributed by atoms with Gasteiger partial charge in [-0.25, -0.2) is 4.98 Å². The van der Waals surface area contributed by atoms with Crippen LogP contribution in [0.4, 0.5) is 5.13 Å². The first-order chi connectivity index (χ1) is 13.1. The summed E-state index contributed by atoms with van der Waals surface area (Å²) >= 11 is 1.41. The molecule has 1 saturated carbocycles. The number of hydrogen-bond acceptors (Lipinski definition) is 5. The van der Waals surface area contributed by atoms with E-state index in [2.05, 4.69) is 46.6 Å². The number of nitrogens with zero attached hydrogens (tertiary/aromatic N) is 3. The summed E-state index contributed by atoms with van der Waals surface area (Å²) in [5.41, 5.74) is 2.87. The average Bonchev–Trinajstić information content (AvgIpc) is 3.17. The molecule has 2 heterocycles. The van der Waals surface area contributed by atoms with Crippen LogP contribution in [0.15, 0.2) is 71.5 Å². The van der Waals surface area contributed by atoms with Crippen molar-refractivity contribution < 1.29 is 0 Å². The molecule has 1 aliphatic rings. The lowest BCUT2D eigenvalue weighted by Gasteiger charge is -2.11. The topological polar surface area (TPSA) is 59.3 Å². The Bertz CT molecular complexity index is 1170. The van der Waals surface area contributed by atoms with Gasteiger partial charge in [0.1, 0.15) is 0 Å². The molecule has 1 N–H and O–H groups in total. The first-order valence-electron chi connectivity index (χ1n) is 8.92. The highest BCUT2D eigenvalue weighted by Crippen LogP contribution is 2.49. The molecule has 0 bridgehead atoms. The molecular weight excluding hydrogens is 356 g/mol. The molecule has 0 spiro atoms. The summed E-state index contributed by atoms with van der Waals surface area (Å²) in [5, 5.41) is 8.65. The number of fused-ring (bicyclic) bond motifs is 1. The SMILES string of the molecule is C[C@]1(c2ccccc2)C[C@H]1Nc1nn2c(=O)cc(-c3ccccc3)nc2s1. The van der Waals surface area contributed by atoms with Crippen LogP contribution >= 0.6 is 11.3 Å². The summed E-state index contributed by atoms with van der Waals surface area (Å²) in [7, 11) is 0. The smallest absolute Gasteiger partial charge is 0.275 e. The Morgan fingerprint density at radius 3 is 2.56 bits per heavy atom. The van der Waals surface area contributed by atoms with E-state index in [0.29, 0.717) is 16.7 Å². The quantitative estimate of drug-likeness (QED) is 0.587. The molecule has 0 saturated heterocycles. The van der Waals surface area contributed by atoms with Crippen molar-refractivity contribution in [1.29, 1.82) is 0 Å². The third-order valence-electron chi connectivity index (χ3n) is 5.28. The van der Waals surface area contributed by atoms with Gasteiger partial charge in [-0.2, -0.15) is 4.52 Å². The van der Waals surface area contributed by atoms with E-state index in [4.69, 9.17) is 0 Å². The van der Waals surface area contributed by atoms with Crippen molar-refractivity contribution in [3.05, 3.63) is 82.6 Å². The molecule has 0 aliphatic heterocycles. The van der Waals surface area contributed by atoms with Crippen LogP contribution in [0.3, 0.4) is 0 Å². The Morgan fingerprint density at radius 2 is 1.81 bits per heavy atom. The molecule has 1 aliphatic carbocycles. The predicted molar refractivity (Wildman–Crippen MR) is 108 cm³/mol. The normalized spacial score (nSPS) is 21.3. The van der Waals surface area contributed by atoms with Crippen LogP contribution in [0.5, 0.6) is 0 Å². The lowest BCUT2D eigenvalue weighted by molar-refractivity contribution is 0.756. The molecule has 2 aromatic heterocycles. The maximum absolute atomic E-state index is 12.5. The zero-order chi connectivity index (χ0) is 18.4. The highest BCUT2D eigenvalue weighted by atomic mass is 32.1. The van der Waals surface area contributed by atoms with Gasteiger partial charge in [0.15, 0.2) is 0 Å². The fourth-order valence-corrected chi connectivity index (χ4v) is 4.35. The first kappa shape index (κ1) is 16.2. The molecule has 1 fully saturated rings. The van der Waals surface area contributed by atoms with E-state index in [9.17, 15) is 4.79 Å². The summed E-state index contributed by atoms with van der Waals surface area (Å²) in [6.07, 6.45) is 1.05. The predicted octanol–water partition coefficient (Wildman–Crippen LogP) is 3.96. The van der Waals surface area contributed by atoms with Crippen molar-refractivity contribution in [3.8, 4) is 11.3 Å². The molecule has 5 nitrogen and oxygen atoms in total. The first-order valence-corrected chi connectivity index (χ1v) is 9.73. The maximum atomic E-state index is 12.5. The minimum absolute atomic E-state index is 0.104. The molecule has 2 aromatic carbocycles. The fourth-order valence-electron chi connectivity index (χ4n) is 3.49. The van der Waals surface area contributed by atoms with Gasteiger partial charge in [-0.3, -0.25) is 4.79 Å². The van der Waals surface area contributed by atoms with E-state index in [1.807, 2.05) is 36.4 Å². The van der Waals surface area contributed by atoms with Crippen LogP contribution in [-0.4, -0.2) is 20.6 Å². The number of rotatable bonds is 4. The standard InChI is InChI=1S/C21H18N4OS/c1-21(15-10-6-3-7-11-15)13-17(21)23-19-24-25-18(26)12-16(22-20(25)27-19)14-8-4-2-5-9-14/h2-12,17H,13H2,1H3,(H,23,24)/t17-,21-/m1/s1. The Hall–Kier alpha value is -2.99. The monoisotopic (exact) mass is 374 g/mol. The Labute approximate surface area is 160 Å². The average molecular weight is 374 g/mol. The molecule has 2 atom stereocenters. The summed E-state index contributed by atoms with van der Waals surface area (Å²) < 4.78 is 1.38. The number of aromatic nitrogens is 3. The maximum Gasteiger partial charge on any atom is 0.275 e.